The van der Waals surface area contributed by atoms with Crippen LogP contribution in [-0.2, 0) is 9.53 Å². The third kappa shape index (κ3) is 33.2. The molecule has 0 bridgehead atoms. The summed E-state index contributed by atoms with van der Waals surface area (Å²) in [6.45, 7) is 6.25. The Hall–Kier alpha value is -0.790. The number of esters is 1. The lowest BCUT2D eigenvalue weighted by atomic mass is 10.0. The summed E-state index contributed by atoms with van der Waals surface area (Å²) < 4.78 is 5.00. The topological polar surface area (TPSA) is 26.3 Å². The van der Waals surface area contributed by atoms with E-state index >= 15 is 0 Å². The van der Waals surface area contributed by atoms with Crippen molar-refractivity contribution in [2.75, 3.05) is 6.61 Å². The van der Waals surface area contributed by atoms with E-state index in [0.717, 1.165) is 6.42 Å². The lowest BCUT2D eigenvalue weighted by Crippen LogP contribution is -2.01. The molecule has 2 nitrogen and oxygen atoms in total. The highest BCUT2D eigenvalue weighted by atomic mass is 16.5. The highest BCUT2D eigenvalue weighted by Gasteiger charge is 1.98. The van der Waals surface area contributed by atoms with Crippen LogP contribution in [0.2, 0.25) is 0 Å². The van der Waals surface area contributed by atoms with Gasteiger partial charge in [-0.15, -0.1) is 0 Å². The molecule has 220 valence electrons. The summed E-state index contributed by atoms with van der Waals surface area (Å²) in [5, 5.41) is 0. The second kappa shape index (κ2) is 33.2. The molecule has 0 unspecified atom stereocenters. The predicted octanol–water partition coefficient (Wildman–Crippen LogP) is 12.4. The lowest BCUT2D eigenvalue weighted by Gasteiger charge is -2.05. The Morgan fingerprint density at radius 1 is 0.432 bits per heavy atom. The van der Waals surface area contributed by atoms with Crippen molar-refractivity contribution in [3.8, 4) is 0 Å². The highest BCUT2D eigenvalue weighted by Crippen LogP contribution is 2.16. The zero-order valence-electron chi connectivity index (χ0n) is 25.5. The molecule has 0 aromatic rings. The number of carbonyl (C=O) groups is 1. The quantitative estimate of drug-likeness (QED) is 0.0500. The first-order chi connectivity index (χ1) is 18.3. The van der Waals surface area contributed by atoms with Crippen LogP contribution in [0.3, 0.4) is 0 Å². The minimum absolute atomic E-state index is 0.296. The van der Waals surface area contributed by atoms with Crippen LogP contribution in [0.1, 0.15) is 200 Å². The molecule has 0 aliphatic carbocycles. The lowest BCUT2D eigenvalue weighted by molar-refractivity contribution is -0.137. The molecular weight excluding hydrogens is 452 g/mol. The number of hydrogen-bond acceptors (Lipinski definition) is 2. The molecule has 0 N–H and O–H groups in total. The third-order valence-electron chi connectivity index (χ3n) is 7.91. The van der Waals surface area contributed by atoms with Gasteiger partial charge in [-0.2, -0.15) is 0 Å². The molecule has 0 radical (unpaired) electrons. The minimum Gasteiger partial charge on any atom is -0.463 e. The third-order valence-corrected chi connectivity index (χ3v) is 7.91. The summed E-state index contributed by atoms with van der Waals surface area (Å²) in [4.78, 5) is 10.9. The molecule has 0 atom stereocenters. The summed E-state index contributed by atoms with van der Waals surface area (Å²) in [7, 11) is 0. The first-order valence-corrected chi connectivity index (χ1v) is 17.1. The molecule has 0 fully saturated rings. The van der Waals surface area contributed by atoms with E-state index < -0.39 is 0 Å². The van der Waals surface area contributed by atoms with Gasteiger partial charge in [0.15, 0.2) is 0 Å². The van der Waals surface area contributed by atoms with Crippen LogP contribution in [-0.4, -0.2) is 12.6 Å². The Morgan fingerprint density at radius 3 is 0.865 bits per heavy atom. The molecule has 0 aliphatic rings. The van der Waals surface area contributed by atoms with Crippen LogP contribution >= 0.6 is 0 Å². The van der Waals surface area contributed by atoms with Crippen molar-refractivity contribution < 1.29 is 9.53 Å². The van der Waals surface area contributed by atoms with Crippen molar-refractivity contribution in [2.45, 2.75) is 200 Å². The van der Waals surface area contributed by atoms with E-state index in [0.29, 0.717) is 6.61 Å². The van der Waals surface area contributed by atoms with Crippen LogP contribution in [0.25, 0.3) is 0 Å². The van der Waals surface area contributed by atoms with Gasteiger partial charge in [0.05, 0.1) is 6.61 Å². The zero-order chi connectivity index (χ0) is 26.9. The molecular formula is C35H68O2. The number of carbonyl (C=O) groups excluding carboxylic acids is 1. The van der Waals surface area contributed by atoms with Gasteiger partial charge in [-0.3, -0.25) is 0 Å². The molecule has 0 saturated carbocycles. The molecule has 0 spiro atoms. The average molecular weight is 521 g/mol. The van der Waals surface area contributed by atoms with Gasteiger partial charge in [-0.1, -0.05) is 200 Å². The summed E-state index contributed by atoms with van der Waals surface area (Å²) in [5.74, 6) is -0.296. The van der Waals surface area contributed by atoms with Crippen molar-refractivity contribution >= 4 is 5.97 Å². The van der Waals surface area contributed by atoms with Crippen LogP contribution in [0.15, 0.2) is 12.7 Å². The van der Waals surface area contributed by atoms with Crippen LogP contribution in [0.5, 0.6) is 0 Å². The van der Waals surface area contributed by atoms with Gasteiger partial charge >= 0.3 is 5.97 Å². The zero-order valence-corrected chi connectivity index (χ0v) is 25.5. The fraction of sp³-hybridized carbons (Fsp3) is 0.914. The van der Waals surface area contributed by atoms with Crippen molar-refractivity contribution in [2.24, 2.45) is 0 Å². The molecule has 0 heterocycles. The number of ether oxygens (including phenoxy) is 1. The van der Waals surface area contributed by atoms with Crippen molar-refractivity contribution in [3.63, 3.8) is 0 Å². The Kier molecular flexibility index (Phi) is 32.5. The van der Waals surface area contributed by atoms with Crippen LogP contribution in [0.4, 0.5) is 0 Å². The van der Waals surface area contributed by atoms with E-state index in [2.05, 4.69) is 13.5 Å². The molecule has 2 heteroatoms. The molecule has 0 aromatic carbocycles. The molecule has 0 rings (SSSR count). The summed E-state index contributed by atoms with van der Waals surface area (Å²) in [6.07, 6.45) is 43.8. The fourth-order valence-corrected chi connectivity index (χ4v) is 5.36. The van der Waals surface area contributed by atoms with Gasteiger partial charge in [0, 0.05) is 6.08 Å². The highest BCUT2D eigenvalue weighted by molar-refractivity contribution is 5.81. The minimum atomic E-state index is -0.296. The summed E-state index contributed by atoms with van der Waals surface area (Å²) in [5.41, 5.74) is 0. The maximum atomic E-state index is 10.9. The van der Waals surface area contributed by atoms with E-state index in [4.69, 9.17) is 4.74 Å². The normalized spacial score (nSPS) is 11.2. The molecule has 0 aromatic heterocycles. The second-order valence-electron chi connectivity index (χ2n) is 11.6. The van der Waals surface area contributed by atoms with E-state index in [9.17, 15) is 4.79 Å². The molecule has 0 amide bonds. The standard InChI is InChI=1S/C35H68O2/c1-3-5-6-7-8-9-10-11-12-13-14-15-16-17-18-19-20-21-22-23-24-25-26-27-28-29-30-31-32-33-34-37-35(36)4-2/h4H,2-3,5-34H2,1H3. The molecule has 37 heavy (non-hydrogen) atoms. The van der Waals surface area contributed by atoms with E-state index in [-0.39, 0.29) is 5.97 Å². The monoisotopic (exact) mass is 521 g/mol. The first kappa shape index (κ1) is 36.2. The van der Waals surface area contributed by atoms with Crippen molar-refractivity contribution in [1.82, 2.24) is 0 Å². The van der Waals surface area contributed by atoms with E-state index in [1.54, 1.807) is 0 Å². The maximum Gasteiger partial charge on any atom is 0.330 e. The second-order valence-corrected chi connectivity index (χ2v) is 11.6. The predicted molar refractivity (Wildman–Crippen MR) is 165 cm³/mol. The average Bonchev–Trinajstić information content (AvgIpc) is 2.91. The van der Waals surface area contributed by atoms with Crippen molar-refractivity contribution in [1.29, 1.82) is 0 Å². The Bertz CT molecular complexity index is 445. The van der Waals surface area contributed by atoms with Gasteiger partial charge in [-0.05, 0) is 6.42 Å². The Morgan fingerprint density at radius 2 is 0.649 bits per heavy atom. The van der Waals surface area contributed by atoms with Crippen LogP contribution < -0.4 is 0 Å². The van der Waals surface area contributed by atoms with Crippen molar-refractivity contribution in [3.05, 3.63) is 12.7 Å². The number of hydrogen-bond donors (Lipinski definition) is 0. The van der Waals surface area contributed by atoms with Crippen LogP contribution in [0, 0.1) is 0 Å². The summed E-state index contributed by atoms with van der Waals surface area (Å²) in [6, 6.07) is 0. The van der Waals surface area contributed by atoms with Gasteiger partial charge in [0.1, 0.15) is 0 Å². The number of unbranched alkanes of at least 4 members (excludes halogenated alkanes) is 29. The van der Waals surface area contributed by atoms with Gasteiger partial charge < -0.3 is 4.74 Å². The summed E-state index contributed by atoms with van der Waals surface area (Å²) >= 11 is 0. The SMILES string of the molecule is C=CC(=O)OCCCCCCCCCCCCCCCCCCCCCCCCCCCCCCCC. The van der Waals surface area contributed by atoms with Gasteiger partial charge in [-0.25, -0.2) is 4.79 Å². The van der Waals surface area contributed by atoms with Gasteiger partial charge in [0.25, 0.3) is 0 Å². The van der Waals surface area contributed by atoms with E-state index in [1.165, 1.54) is 192 Å². The number of rotatable bonds is 32. The molecule has 0 saturated heterocycles. The Balaban J connectivity index is 3.03. The molecule has 0 aliphatic heterocycles. The Labute approximate surface area is 234 Å². The van der Waals surface area contributed by atoms with E-state index in [1.807, 2.05) is 0 Å². The van der Waals surface area contributed by atoms with Gasteiger partial charge in [0.2, 0.25) is 0 Å². The fourth-order valence-electron chi connectivity index (χ4n) is 5.36. The first-order valence-electron chi connectivity index (χ1n) is 17.1. The smallest absolute Gasteiger partial charge is 0.330 e. The largest absolute Gasteiger partial charge is 0.463 e. The maximum absolute atomic E-state index is 10.9.